The highest BCUT2D eigenvalue weighted by Gasteiger charge is 2.07. The highest BCUT2D eigenvalue weighted by molar-refractivity contribution is 9.10. The van der Waals surface area contributed by atoms with Crippen molar-refractivity contribution in [1.82, 2.24) is 5.43 Å². The van der Waals surface area contributed by atoms with Gasteiger partial charge in [-0.15, -0.1) is 0 Å². The summed E-state index contributed by atoms with van der Waals surface area (Å²) in [5, 5.41) is 6.72. The highest BCUT2D eigenvalue weighted by Crippen LogP contribution is 2.26. The summed E-state index contributed by atoms with van der Waals surface area (Å²) in [6.07, 6.45) is 1.66. The molecule has 0 unspecified atom stereocenters. The molecule has 0 bridgehead atoms. The number of benzene rings is 3. The molecule has 0 radical (unpaired) electrons. The summed E-state index contributed by atoms with van der Waals surface area (Å²) in [6.45, 7) is 2.45. The molecule has 0 aliphatic heterocycles. The summed E-state index contributed by atoms with van der Waals surface area (Å²) in [4.78, 5) is 23.9. The molecule has 7 heteroatoms. The van der Waals surface area contributed by atoms with Gasteiger partial charge in [0.2, 0.25) is 11.8 Å². The molecule has 32 heavy (non-hydrogen) atoms. The van der Waals surface area contributed by atoms with E-state index in [-0.39, 0.29) is 24.7 Å². The number of hydrazone groups is 1. The van der Waals surface area contributed by atoms with Crippen molar-refractivity contribution in [1.29, 1.82) is 0 Å². The molecular formula is C25H24BrN3O3. The Morgan fingerprint density at radius 3 is 2.41 bits per heavy atom. The minimum absolute atomic E-state index is 0.0466. The Labute approximate surface area is 195 Å². The van der Waals surface area contributed by atoms with Crippen molar-refractivity contribution >= 4 is 39.6 Å². The Kier molecular flexibility index (Phi) is 8.57. The second-order valence-corrected chi connectivity index (χ2v) is 8.03. The zero-order chi connectivity index (χ0) is 22.8. The lowest BCUT2D eigenvalue weighted by Gasteiger charge is -2.09. The number of rotatable bonds is 9. The van der Waals surface area contributed by atoms with Crippen LogP contribution < -0.4 is 15.5 Å². The van der Waals surface area contributed by atoms with Crippen molar-refractivity contribution in [2.24, 2.45) is 5.10 Å². The van der Waals surface area contributed by atoms with E-state index in [4.69, 9.17) is 4.74 Å². The van der Waals surface area contributed by atoms with E-state index < -0.39 is 0 Å². The molecule has 0 aromatic heterocycles. The predicted molar refractivity (Wildman–Crippen MR) is 130 cm³/mol. The zero-order valence-corrected chi connectivity index (χ0v) is 19.3. The van der Waals surface area contributed by atoms with Crippen molar-refractivity contribution in [3.05, 3.63) is 94.0 Å². The number of carbonyl (C=O) groups excluding carboxylic acids is 2. The van der Waals surface area contributed by atoms with Crippen LogP contribution in [0.25, 0.3) is 0 Å². The molecule has 0 aliphatic carbocycles. The van der Waals surface area contributed by atoms with E-state index in [0.717, 1.165) is 26.9 Å². The topological polar surface area (TPSA) is 79.8 Å². The number of hydrogen-bond donors (Lipinski definition) is 2. The molecule has 0 spiro atoms. The van der Waals surface area contributed by atoms with Crippen LogP contribution in [0.5, 0.6) is 5.75 Å². The molecule has 3 aromatic rings. The van der Waals surface area contributed by atoms with Crippen molar-refractivity contribution in [3.63, 3.8) is 0 Å². The van der Waals surface area contributed by atoms with Gasteiger partial charge >= 0.3 is 0 Å². The molecule has 3 rings (SSSR count). The maximum absolute atomic E-state index is 12.0. The van der Waals surface area contributed by atoms with E-state index in [0.29, 0.717) is 12.3 Å². The number of aryl methyl sites for hydroxylation is 1. The Balaban J connectivity index is 1.41. The number of amides is 2. The maximum atomic E-state index is 12.0. The number of anilines is 1. The number of carbonyl (C=O) groups is 2. The van der Waals surface area contributed by atoms with Gasteiger partial charge in [0.1, 0.15) is 12.4 Å². The van der Waals surface area contributed by atoms with E-state index in [1.165, 1.54) is 6.21 Å². The number of hydrogen-bond acceptors (Lipinski definition) is 4. The number of nitrogens with zero attached hydrogens (tertiary/aromatic N) is 1. The largest absolute Gasteiger partial charge is 0.488 e. The van der Waals surface area contributed by atoms with Crippen molar-refractivity contribution in [3.8, 4) is 5.75 Å². The standard InChI is InChI=1S/C25H24BrN3O3/c1-18-7-10-21(11-8-18)28-24(30)13-14-25(31)29-27-16-20-9-12-23(22(26)15-20)32-17-19-5-3-2-4-6-19/h2-12,15-16H,13-14,17H2,1H3,(H,28,30)(H,29,31). The third kappa shape index (κ3) is 7.67. The number of nitrogens with one attached hydrogen (secondary N) is 2. The van der Waals surface area contributed by atoms with Crippen molar-refractivity contribution in [2.75, 3.05) is 5.32 Å². The van der Waals surface area contributed by atoms with E-state index in [2.05, 4.69) is 31.8 Å². The Hall–Kier alpha value is -3.45. The monoisotopic (exact) mass is 493 g/mol. The second-order valence-electron chi connectivity index (χ2n) is 7.17. The van der Waals surface area contributed by atoms with Crippen LogP contribution in [0.3, 0.4) is 0 Å². The molecule has 0 heterocycles. The molecule has 0 atom stereocenters. The molecule has 2 amide bonds. The lowest BCUT2D eigenvalue weighted by molar-refractivity contribution is -0.124. The predicted octanol–water partition coefficient (Wildman–Crippen LogP) is 5.21. The number of ether oxygens (including phenoxy) is 1. The summed E-state index contributed by atoms with van der Waals surface area (Å²) in [5.41, 5.74) is 6.14. The first-order chi connectivity index (χ1) is 15.5. The Bertz CT molecular complexity index is 1080. The first-order valence-electron chi connectivity index (χ1n) is 10.1. The fourth-order valence-corrected chi connectivity index (χ4v) is 3.28. The van der Waals surface area contributed by atoms with Gasteiger partial charge in [-0.05, 0) is 64.3 Å². The van der Waals surface area contributed by atoms with Gasteiger partial charge < -0.3 is 10.1 Å². The molecular weight excluding hydrogens is 470 g/mol. The van der Waals surface area contributed by atoms with Gasteiger partial charge in [-0.1, -0.05) is 48.0 Å². The molecule has 6 nitrogen and oxygen atoms in total. The van der Waals surface area contributed by atoms with Crippen LogP contribution in [0.2, 0.25) is 0 Å². The summed E-state index contributed by atoms with van der Waals surface area (Å²) in [5.74, 6) is 0.166. The van der Waals surface area contributed by atoms with Crippen LogP contribution in [-0.2, 0) is 16.2 Å². The van der Waals surface area contributed by atoms with Crippen molar-refractivity contribution < 1.29 is 14.3 Å². The van der Waals surface area contributed by atoms with Crippen LogP contribution in [0.4, 0.5) is 5.69 Å². The molecule has 0 aliphatic rings. The first-order valence-corrected chi connectivity index (χ1v) is 10.9. The third-order valence-corrected chi connectivity index (χ3v) is 5.13. The minimum Gasteiger partial charge on any atom is -0.488 e. The lowest BCUT2D eigenvalue weighted by Crippen LogP contribution is -2.20. The molecule has 2 N–H and O–H groups in total. The second kappa shape index (κ2) is 11.8. The molecule has 0 fully saturated rings. The maximum Gasteiger partial charge on any atom is 0.240 e. The fourth-order valence-electron chi connectivity index (χ4n) is 2.77. The van der Waals surface area contributed by atoms with Crippen LogP contribution in [-0.4, -0.2) is 18.0 Å². The van der Waals surface area contributed by atoms with Gasteiger partial charge in [-0.2, -0.15) is 5.10 Å². The zero-order valence-electron chi connectivity index (χ0n) is 17.7. The average molecular weight is 494 g/mol. The van der Waals surface area contributed by atoms with Crippen molar-refractivity contribution in [2.45, 2.75) is 26.4 Å². The van der Waals surface area contributed by atoms with Gasteiger partial charge in [0.25, 0.3) is 0 Å². The first kappa shape index (κ1) is 23.2. The lowest BCUT2D eigenvalue weighted by atomic mass is 10.2. The van der Waals surface area contributed by atoms with E-state index in [9.17, 15) is 9.59 Å². The van der Waals surface area contributed by atoms with Gasteiger partial charge in [0.05, 0.1) is 10.7 Å². The minimum atomic E-state index is -0.331. The smallest absolute Gasteiger partial charge is 0.240 e. The fraction of sp³-hybridized carbons (Fsp3) is 0.160. The summed E-state index contributed by atoms with van der Waals surface area (Å²) >= 11 is 3.49. The summed E-state index contributed by atoms with van der Waals surface area (Å²) < 4.78 is 6.61. The summed E-state index contributed by atoms with van der Waals surface area (Å²) in [7, 11) is 0. The van der Waals surface area contributed by atoms with Gasteiger partial charge in [0, 0.05) is 18.5 Å². The van der Waals surface area contributed by atoms with E-state index >= 15 is 0 Å². The van der Waals surface area contributed by atoms with E-state index in [1.807, 2.05) is 79.7 Å². The highest BCUT2D eigenvalue weighted by atomic mass is 79.9. The van der Waals surface area contributed by atoms with Crippen LogP contribution in [0.1, 0.15) is 29.5 Å². The van der Waals surface area contributed by atoms with Gasteiger partial charge in [-0.25, -0.2) is 5.43 Å². The van der Waals surface area contributed by atoms with Gasteiger partial charge in [-0.3, -0.25) is 9.59 Å². The average Bonchev–Trinajstić information content (AvgIpc) is 2.79. The normalized spacial score (nSPS) is 10.7. The SMILES string of the molecule is Cc1ccc(NC(=O)CCC(=O)NN=Cc2ccc(OCc3ccccc3)c(Br)c2)cc1. The Morgan fingerprint density at radius 2 is 1.69 bits per heavy atom. The van der Waals surface area contributed by atoms with E-state index in [1.54, 1.807) is 0 Å². The number of halogens is 1. The van der Waals surface area contributed by atoms with Gasteiger partial charge in [0.15, 0.2) is 0 Å². The third-order valence-electron chi connectivity index (χ3n) is 4.51. The van der Waals surface area contributed by atoms with Crippen LogP contribution in [0, 0.1) is 6.92 Å². The molecule has 3 aromatic carbocycles. The molecule has 0 saturated carbocycles. The van der Waals surface area contributed by atoms with Crippen LogP contribution in [0.15, 0.2) is 82.4 Å². The molecule has 164 valence electrons. The summed E-state index contributed by atoms with van der Waals surface area (Å²) in [6, 6.07) is 22.9. The Morgan fingerprint density at radius 1 is 0.969 bits per heavy atom. The quantitative estimate of drug-likeness (QED) is 0.317. The van der Waals surface area contributed by atoms with Crippen LogP contribution >= 0.6 is 15.9 Å². The molecule has 0 saturated heterocycles.